The second kappa shape index (κ2) is 7.04. The number of ether oxygens (including phenoxy) is 1. The first-order valence-corrected chi connectivity index (χ1v) is 8.54. The second-order valence-electron chi connectivity index (χ2n) is 6.45. The molecular weight excluding hydrogens is 310 g/mol. The monoisotopic (exact) mass is 333 g/mol. The largest absolute Gasteiger partial charge is 0.373 e. The molecule has 1 aromatic heterocycles. The maximum Gasteiger partial charge on any atom is 0.132 e. The summed E-state index contributed by atoms with van der Waals surface area (Å²) in [6.45, 7) is 9.68. The van der Waals surface area contributed by atoms with E-state index in [9.17, 15) is 0 Å². The molecule has 0 amide bonds. The van der Waals surface area contributed by atoms with E-state index in [-0.39, 0.29) is 12.2 Å². The first-order chi connectivity index (χ1) is 11.0. The SMILES string of the molecule is Cc1nn(Cc2ccccc2)c(Cl)c1CN1CC(C)OC(C)C1. The first kappa shape index (κ1) is 16.5. The Kier molecular flexibility index (Phi) is 5.05. The fraction of sp³-hybridized carbons (Fsp3) is 0.500. The van der Waals surface area contributed by atoms with Crippen molar-refractivity contribution in [1.29, 1.82) is 0 Å². The third-order valence-electron chi connectivity index (χ3n) is 4.24. The molecular formula is C18H24ClN3O. The summed E-state index contributed by atoms with van der Waals surface area (Å²) < 4.78 is 7.70. The summed E-state index contributed by atoms with van der Waals surface area (Å²) in [6, 6.07) is 10.3. The highest BCUT2D eigenvalue weighted by Crippen LogP contribution is 2.24. The number of hydrogen-bond donors (Lipinski definition) is 0. The lowest BCUT2D eigenvalue weighted by molar-refractivity contribution is -0.0705. The van der Waals surface area contributed by atoms with Crippen molar-refractivity contribution in [2.75, 3.05) is 13.1 Å². The number of halogens is 1. The molecule has 1 aliphatic heterocycles. The fourth-order valence-corrected chi connectivity index (χ4v) is 3.56. The lowest BCUT2D eigenvalue weighted by Gasteiger charge is -2.35. The molecule has 5 heteroatoms. The molecule has 124 valence electrons. The zero-order chi connectivity index (χ0) is 16.4. The average molecular weight is 334 g/mol. The van der Waals surface area contributed by atoms with Crippen LogP contribution in [0, 0.1) is 6.92 Å². The van der Waals surface area contributed by atoms with Crippen LogP contribution in [0.3, 0.4) is 0 Å². The van der Waals surface area contributed by atoms with E-state index in [1.165, 1.54) is 5.56 Å². The topological polar surface area (TPSA) is 30.3 Å². The molecule has 1 aliphatic rings. The Labute approximate surface area is 143 Å². The van der Waals surface area contributed by atoms with Gasteiger partial charge in [-0.1, -0.05) is 41.9 Å². The maximum absolute atomic E-state index is 6.61. The lowest BCUT2D eigenvalue weighted by atomic mass is 10.2. The Balaban J connectivity index is 1.75. The van der Waals surface area contributed by atoms with E-state index in [1.54, 1.807) is 0 Å². The van der Waals surface area contributed by atoms with Crippen LogP contribution in [0.2, 0.25) is 5.15 Å². The zero-order valence-corrected chi connectivity index (χ0v) is 14.8. The van der Waals surface area contributed by atoms with Gasteiger partial charge in [0.05, 0.1) is 24.4 Å². The Morgan fingerprint density at radius 3 is 2.43 bits per heavy atom. The van der Waals surface area contributed by atoms with Crippen LogP contribution in [0.15, 0.2) is 30.3 Å². The van der Waals surface area contributed by atoms with Crippen LogP contribution in [-0.2, 0) is 17.8 Å². The zero-order valence-electron chi connectivity index (χ0n) is 14.0. The van der Waals surface area contributed by atoms with Crippen molar-refractivity contribution < 1.29 is 4.74 Å². The number of nitrogens with zero attached hydrogens (tertiary/aromatic N) is 3. The van der Waals surface area contributed by atoms with E-state index < -0.39 is 0 Å². The number of rotatable bonds is 4. The van der Waals surface area contributed by atoms with Crippen LogP contribution in [0.25, 0.3) is 0 Å². The number of morpholine rings is 1. The minimum Gasteiger partial charge on any atom is -0.373 e. The van der Waals surface area contributed by atoms with E-state index in [4.69, 9.17) is 16.3 Å². The molecule has 0 aliphatic carbocycles. The van der Waals surface area contributed by atoms with Gasteiger partial charge >= 0.3 is 0 Å². The van der Waals surface area contributed by atoms with Crippen LogP contribution < -0.4 is 0 Å². The molecule has 2 heterocycles. The molecule has 2 atom stereocenters. The lowest BCUT2D eigenvalue weighted by Crippen LogP contribution is -2.44. The van der Waals surface area contributed by atoms with Crippen molar-refractivity contribution in [1.82, 2.24) is 14.7 Å². The highest BCUT2D eigenvalue weighted by atomic mass is 35.5. The van der Waals surface area contributed by atoms with Crippen molar-refractivity contribution in [3.05, 3.63) is 52.3 Å². The summed E-state index contributed by atoms with van der Waals surface area (Å²) in [5, 5.41) is 5.38. The molecule has 3 rings (SSSR count). The van der Waals surface area contributed by atoms with E-state index in [0.717, 1.165) is 36.0 Å². The van der Waals surface area contributed by atoms with Gasteiger partial charge in [-0.25, -0.2) is 4.68 Å². The average Bonchev–Trinajstić information content (AvgIpc) is 2.75. The van der Waals surface area contributed by atoms with E-state index in [1.807, 2.05) is 29.8 Å². The summed E-state index contributed by atoms with van der Waals surface area (Å²) >= 11 is 6.61. The van der Waals surface area contributed by atoms with Crippen molar-refractivity contribution >= 4 is 11.6 Å². The van der Waals surface area contributed by atoms with Gasteiger partial charge < -0.3 is 4.74 Å². The molecule has 0 spiro atoms. The predicted octanol–water partition coefficient (Wildman–Crippen LogP) is 3.50. The molecule has 1 fully saturated rings. The van der Waals surface area contributed by atoms with Crippen molar-refractivity contribution in [3.63, 3.8) is 0 Å². The van der Waals surface area contributed by atoms with Crippen LogP contribution >= 0.6 is 11.6 Å². The van der Waals surface area contributed by atoms with Crippen molar-refractivity contribution in [2.24, 2.45) is 0 Å². The molecule has 0 radical (unpaired) electrons. The van der Waals surface area contributed by atoms with Crippen molar-refractivity contribution in [3.8, 4) is 0 Å². The van der Waals surface area contributed by atoms with Crippen LogP contribution in [0.5, 0.6) is 0 Å². The van der Waals surface area contributed by atoms with Gasteiger partial charge in [-0.05, 0) is 26.3 Å². The normalized spacial score (nSPS) is 22.4. The third kappa shape index (κ3) is 3.94. The maximum atomic E-state index is 6.61. The molecule has 2 unspecified atom stereocenters. The summed E-state index contributed by atoms with van der Waals surface area (Å²) in [5.41, 5.74) is 3.35. The second-order valence-corrected chi connectivity index (χ2v) is 6.81. The smallest absolute Gasteiger partial charge is 0.132 e. The van der Waals surface area contributed by atoms with Gasteiger partial charge in [0.15, 0.2) is 0 Å². The molecule has 2 aromatic rings. The van der Waals surface area contributed by atoms with Gasteiger partial charge in [-0.2, -0.15) is 5.10 Å². The Morgan fingerprint density at radius 2 is 1.78 bits per heavy atom. The Morgan fingerprint density at radius 1 is 1.13 bits per heavy atom. The Hall–Kier alpha value is -1.36. The molecule has 0 N–H and O–H groups in total. The molecule has 23 heavy (non-hydrogen) atoms. The highest BCUT2D eigenvalue weighted by molar-refractivity contribution is 6.30. The number of aryl methyl sites for hydroxylation is 1. The van der Waals surface area contributed by atoms with E-state index in [2.05, 4.69) is 36.0 Å². The van der Waals surface area contributed by atoms with Crippen LogP contribution in [-0.4, -0.2) is 40.0 Å². The Bertz CT molecular complexity index is 646. The van der Waals surface area contributed by atoms with Gasteiger partial charge in [0.1, 0.15) is 5.15 Å². The minimum absolute atomic E-state index is 0.261. The van der Waals surface area contributed by atoms with Gasteiger partial charge in [-0.15, -0.1) is 0 Å². The molecule has 1 aromatic carbocycles. The molecule has 0 bridgehead atoms. The summed E-state index contributed by atoms with van der Waals surface area (Å²) in [7, 11) is 0. The van der Waals surface area contributed by atoms with Gasteiger partial charge in [0.2, 0.25) is 0 Å². The van der Waals surface area contributed by atoms with Gasteiger partial charge in [0.25, 0.3) is 0 Å². The predicted molar refractivity (Wildman–Crippen MR) is 92.8 cm³/mol. The van der Waals surface area contributed by atoms with E-state index in [0.29, 0.717) is 6.54 Å². The van der Waals surface area contributed by atoms with Gasteiger partial charge in [-0.3, -0.25) is 4.90 Å². The third-order valence-corrected chi connectivity index (χ3v) is 4.66. The minimum atomic E-state index is 0.261. The summed E-state index contributed by atoms with van der Waals surface area (Å²) in [4.78, 5) is 2.40. The van der Waals surface area contributed by atoms with E-state index >= 15 is 0 Å². The van der Waals surface area contributed by atoms with Crippen LogP contribution in [0.1, 0.15) is 30.7 Å². The number of hydrogen-bond acceptors (Lipinski definition) is 3. The quantitative estimate of drug-likeness (QED) is 0.857. The number of benzene rings is 1. The van der Waals surface area contributed by atoms with Crippen molar-refractivity contribution in [2.45, 2.75) is 46.1 Å². The highest BCUT2D eigenvalue weighted by Gasteiger charge is 2.24. The molecule has 1 saturated heterocycles. The molecule has 4 nitrogen and oxygen atoms in total. The standard InChI is InChI=1S/C18H24ClN3O/c1-13-9-21(10-14(2)23-13)12-17-15(3)20-22(18(17)19)11-16-7-5-4-6-8-16/h4-8,13-14H,9-12H2,1-3H3. The summed E-state index contributed by atoms with van der Waals surface area (Å²) in [5.74, 6) is 0. The summed E-state index contributed by atoms with van der Waals surface area (Å²) in [6.07, 6.45) is 0.523. The van der Waals surface area contributed by atoms with Crippen LogP contribution in [0.4, 0.5) is 0 Å². The fourth-order valence-electron chi connectivity index (χ4n) is 3.27. The first-order valence-electron chi connectivity index (χ1n) is 8.16. The number of aromatic nitrogens is 2. The molecule has 0 saturated carbocycles. The van der Waals surface area contributed by atoms with Gasteiger partial charge in [0, 0.05) is 25.2 Å².